The number of hydrogen-bond donors (Lipinski definition) is 2. The van der Waals surface area contributed by atoms with Gasteiger partial charge in [0.1, 0.15) is 17.0 Å². The topological polar surface area (TPSA) is 147 Å². The second-order valence-corrected chi connectivity index (χ2v) is 17.8. The van der Waals surface area contributed by atoms with Gasteiger partial charge in [0.2, 0.25) is 17.8 Å². The lowest BCUT2D eigenvalue weighted by molar-refractivity contribution is -0.138. The second-order valence-electron chi connectivity index (χ2n) is 16.3. The molecule has 4 aliphatic rings. The number of ether oxygens (including phenoxy) is 1. The van der Waals surface area contributed by atoms with Crippen LogP contribution in [0.5, 0.6) is 5.75 Å². The molecule has 0 aliphatic carbocycles. The number of imide groups is 1. The van der Waals surface area contributed by atoms with E-state index in [0.717, 1.165) is 80.9 Å². The zero-order chi connectivity index (χ0) is 43.0. The summed E-state index contributed by atoms with van der Waals surface area (Å²) in [5.74, 6) is -0.169. The lowest BCUT2D eigenvalue weighted by Gasteiger charge is -2.39. The van der Waals surface area contributed by atoms with Gasteiger partial charge in [-0.25, -0.2) is 23.3 Å². The van der Waals surface area contributed by atoms with Gasteiger partial charge in [-0.15, -0.1) is 0 Å². The highest BCUT2D eigenvalue weighted by Gasteiger charge is 2.36. The molecule has 4 aromatic rings. The minimum absolute atomic E-state index is 0.0995. The van der Waals surface area contributed by atoms with Gasteiger partial charge >= 0.3 is 18.5 Å². The number of benzene rings is 2. The smallest absolute Gasteiger partial charge is 0.416 e. The van der Waals surface area contributed by atoms with Crippen molar-refractivity contribution >= 4 is 45.5 Å². The molecule has 20 heteroatoms. The molecule has 328 valence electrons. The monoisotopic (exact) mass is 873 g/mol. The summed E-state index contributed by atoms with van der Waals surface area (Å²) in [5, 5.41) is 5.49. The van der Waals surface area contributed by atoms with E-state index in [0.29, 0.717) is 56.1 Å². The van der Waals surface area contributed by atoms with Gasteiger partial charge in [-0.2, -0.15) is 22.0 Å². The van der Waals surface area contributed by atoms with Crippen LogP contribution in [0, 0.1) is 5.92 Å². The number of carbonyl (C=O) groups is 2. The highest BCUT2D eigenvalue weighted by Crippen LogP contribution is 2.38. The summed E-state index contributed by atoms with van der Waals surface area (Å²) < 4.78 is 90.3. The van der Waals surface area contributed by atoms with Crippen LogP contribution in [0.15, 0.2) is 58.5 Å². The molecule has 6 heterocycles. The number of anilines is 2. The van der Waals surface area contributed by atoms with Crippen LogP contribution in [0.25, 0.3) is 11.0 Å². The van der Waals surface area contributed by atoms with Gasteiger partial charge in [-0.05, 0) is 99.7 Å². The SMILES string of the molecule is Cn1c(=O)n(C2CCC(=O)NC2=O)c2cccc(C3CCN(CC4CCN(c5cc(S(=O)N6CCC(Nc7ncc(OC(F)F)cn7)CC6)cc(C(F)(F)F)c5)CC4)CC3)c21. The molecule has 0 spiro atoms. The Balaban J connectivity index is 0.853. The van der Waals surface area contributed by atoms with Gasteiger partial charge in [0, 0.05) is 57.9 Å². The lowest BCUT2D eigenvalue weighted by atomic mass is 9.87. The predicted octanol–water partition coefficient (Wildman–Crippen LogP) is 5.42. The second kappa shape index (κ2) is 17.8. The number of likely N-dealkylation sites (tertiary alicyclic amines) is 1. The van der Waals surface area contributed by atoms with Crippen LogP contribution < -0.4 is 26.0 Å². The zero-order valence-corrected chi connectivity index (χ0v) is 34.4. The van der Waals surface area contributed by atoms with E-state index in [1.54, 1.807) is 22.0 Å². The number of aromatic nitrogens is 4. The average Bonchev–Trinajstić information content (AvgIpc) is 3.50. The quantitative estimate of drug-likeness (QED) is 0.148. The minimum Gasteiger partial charge on any atom is -0.432 e. The number of halogens is 5. The highest BCUT2D eigenvalue weighted by atomic mass is 32.2. The molecule has 8 rings (SSSR count). The molecular weight excluding hydrogens is 826 g/mol. The fraction of sp³-hybridized carbons (Fsp3) is 0.537. The first kappa shape index (κ1) is 42.7. The van der Waals surface area contributed by atoms with E-state index in [9.17, 15) is 40.5 Å². The Labute approximate surface area is 351 Å². The number of carbonyl (C=O) groups excluding carboxylic acids is 2. The van der Waals surface area contributed by atoms with E-state index < -0.39 is 41.3 Å². The summed E-state index contributed by atoms with van der Waals surface area (Å²) in [5.41, 5.74) is 1.84. The van der Waals surface area contributed by atoms with E-state index in [1.165, 1.54) is 4.57 Å². The standard InChI is InChI=1S/C41H48F5N9O5S/c1-51-36-32(3-2-4-33(36)55(40(51)58)34-5-6-35(56)50-37(34)57)26-9-13-52(14-10-26)24-25-7-15-53(16-8-25)29-19-27(41(44,45)46)20-31(21-29)61(59)54-17-11-28(12-18-54)49-39-47-22-30(23-48-39)60-38(42)43/h2-4,19-23,25-26,28,34,38H,5-18,24H2,1H3,(H,47,48,49)(H,50,56,57). The molecule has 2 aromatic heterocycles. The molecule has 2 N–H and O–H groups in total. The number of alkyl halides is 5. The number of piperidine rings is 4. The van der Waals surface area contributed by atoms with Crippen LogP contribution in [0.3, 0.4) is 0 Å². The van der Waals surface area contributed by atoms with Crippen LogP contribution in [0.1, 0.15) is 74.5 Å². The van der Waals surface area contributed by atoms with Crippen LogP contribution in [0.4, 0.5) is 33.6 Å². The summed E-state index contributed by atoms with van der Waals surface area (Å²) in [6.45, 7) is 1.44. The first-order chi connectivity index (χ1) is 29.2. The number of hydrogen-bond acceptors (Lipinski definition) is 10. The van der Waals surface area contributed by atoms with Crippen molar-refractivity contribution in [2.45, 2.75) is 87.1 Å². The summed E-state index contributed by atoms with van der Waals surface area (Å²) in [6.07, 6.45) is 2.50. The van der Waals surface area contributed by atoms with Crippen LogP contribution in [0.2, 0.25) is 0 Å². The molecule has 0 bridgehead atoms. The maximum atomic E-state index is 14.2. The van der Waals surface area contributed by atoms with Gasteiger partial charge < -0.3 is 19.9 Å². The fourth-order valence-corrected chi connectivity index (χ4v) is 10.6. The summed E-state index contributed by atoms with van der Waals surface area (Å²) in [7, 11) is -0.110. The van der Waals surface area contributed by atoms with Crippen molar-refractivity contribution in [1.29, 1.82) is 0 Å². The average molecular weight is 874 g/mol. The molecule has 4 fully saturated rings. The summed E-state index contributed by atoms with van der Waals surface area (Å²) >= 11 is 0. The Morgan fingerprint density at radius 1 is 0.918 bits per heavy atom. The van der Waals surface area contributed by atoms with E-state index in [1.807, 2.05) is 17.0 Å². The number of fused-ring (bicyclic) bond motifs is 1. The van der Waals surface area contributed by atoms with Crippen molar-refractivity contribution < 1.29 is 40.5 Å². The van der Waals surface area contributed by atoms with Gasteiger partial charge in [-0.3, -0.25) is 24.0 Å². The van der Waals surface area contributed by atoms with Crippen molar-refractivity contribution in [2.75, 3.05) is 56.0 Å². The van der Waals surface area contributed by atoms with Crippen molar-refractivity contribution in [3.63, 3.8) is 0 Å². The number of aryl methyl sites for hydroxylation is 1. The number of amides is 2. The van der Waals surface area contributed by atoms with E-state index >= 15 is 0 Å². The van der Waals surface area contributed by atoms with Crippen molar-refractivity contribution in [2.24, 2.45) is 13.0 Å². The number of para-hydroxylation sites is 1. The van der Waals surface area contributed by atoms with Crippen LogP contribution >= 0.6 is 0 Å². The molecule has 0 radical (unpaired) electrons. The number of rotatable bonds is 11. The number of nitrogens with one attached hydrogen (secondary N) is 2. The van der Waals surface area contributed by atoms with Crippen LogP contribution in [-0.4, -0.2) is 103 Å². The molecule has 0 saturated carbocycles. The van der Waals surface area contributed by atoms with Crippen LogP contribution in [-0.2, 0) is 33.8 Å². The lowest BCUT2D eigenvalue weighted by Crippen LogP contribution is -2.44. The van der Waals surface area contributed by atoms with Gasteiger partial charge in [0.05, 0.1) is 33.9 Å². The zero-order valence-electron chi connectivity index (χ0n) is 33.6. The molecule has 2 atom stereocenters. The molecule has 14 nitrogen and oxygen atoms in total. The largest absolute Gasteiger partial charge is 0.432 e. The van der Waals surface area contributed by atoms with Gasteiger partial charge in [0.15, 0.2) is 5.75 Å². The molecular formula is C41H48F5N9O5S. The summed E-state index contributed by atoms with van der Waals surface area (Å²) in [6, 6.07) is 8.72. The van der Waals surface area contributed by atoms with Gasteiger partial charge in [-0.1, -0.05) is 12.1 Å². The Bertz CT molecular complexity index is 2320. The van der Waals surface area contributed by atoms with Gasteiger partial charge in [0.25, 0.3) is 0 Å². The third-order valence-electron chi connectivity index (χ3n) is 12.5. The summed E-state index contributed by atoms with van der Waals surface area (Å²) in [4.78, 5) is 50.5. The maximum Gasteiger partial charge on any atom is 0.416 e. The molecule has 4 aliphatic heterocycles. The normalized spacial score (nSPS) is 21.3. The first-order valence-corrected chi connectivity index (χ1v) is 21.8. The third kappa shape index (κ3) is 9.45. The Morgan fingerprint density at radius 3 is 2.28 bits per heavy atom. The Kier molecular flexibility index (Phi) is 12.5. The van der Waals surface area contributed by atoms with E-state index in [2.05, 4.69) is 36.3 Å². The maximum absolute atomic E-state index is 14.2. The molecule has 2 aromatic carbocycles. The number of imidazole rings is 1. The molecule has 2 amide bonds. The highest BCUT2D eigenvalue weighted by molar-refractivity contribution is 7.82. The Hall–Kier alpha value is -4.95. The van der Waals surface area contributed by atoms with Crippen molar-refractivity contribution in [1.82, 2.24) is 33.6 Å². The first-order valence-electron chi connectivity index (χ1n) is 20.6. The van der Waals surface area contributed by atoms with E-state index in [4.69, 9.17) is 0 Å². The molecule has 61 heavy (non-hydrogen) atoms. The van der Waals surface area contributed by atoms with E-state index in [-0.39, 0.29) is 53.0 Å². The third-order valence-corrected chi connectivity index (χ3v) is 13.9. The van der Waals surface area contributed by atoms with Crippen molar-refractivity contribution in [3.05, 3.63) is 70.4 Å². The number of nitrogens with zero attached hydrogens (tertiary/aromatic N) is 7. The molecule has 2 unspecified atom stereocenters. The Morgan fingerprint density at radius 2 is 1.62 bits per heavy atom. The molecule has 4 saturated heterocycles. The predicted molar refractivity (Wildman–Crippen MR) is 217 cm³/mol. The van der Waals surface area contributed by atoms with Crippen molar-refractivity contribution in [3.8, 4) is 5.75 Å². The fourth-order valence-electron chi connectivity index (χ4n) is 9.28. The minimum atomic E-state index is -4.62.